The zero-order valence-corrected chi connectivity index (χ0v) is 17.6. The second-order valence-corrected chi connectivity index (χ2v) is 7.55. The molecule has 6 heteroatoms. The maximum atomic E-state index is 13.4. The molecule has 1 amide bonds. The zero-order chi connectivity index (χ0) is 21.3. The molecule has 0 unspecified atom stereocenters. The quantitative estimate of drug-likeness (QED) is 0.653. The Morgan fingerprint density at radius 2 is 1.83 bits per heavy atom. The van der Waals surface area contributed by atoms with E-state index in [1.54, 1.807) is 30.2 Å². The molecule has 0 aliphatic carbocycles. The van der Waals surface area contributed by atoms with Crippen LogP contribution in [0, 0.1) is 0 Å². The van der Waals surface area contributed by atoms with Gasteiger partial charge in [-0.2, -0.15) is 0 Å². The number of amides is 1. The summed E-state index contributed by atoms with van der Waals surface area (Å²) in [6, 6.07) is 14.2. The van der Waals surface area contributed by atoms with Gasteiger partial charge < -0.3 is 19.0 Å². The highest BCUT2D eigenvalue weighted by atomic mass is 16.5. The van der Waals surface area contributed by atoms with Crippen LogP contribution in [-0.4, -0.2) is 44.1 Å². The fourth-order valence-corrected chi connectivity index (χ4v) is 4.24. The van der Waals surface area contributed by atoms with Gasteiger partial charge in [0.15, 0.2) is 5.43 Å². The molecular weight excluding hydrogens is 380 g/mol. The molecule has 1 N–H and O–H groups in total. The first-order chi connectivity index (χ1) is 14.6. The molecule has 0 spiro atoms. The summed E-state index contributed by atoms with van der Waals surface area (Å²) in [7, 11) is 1.61. The molecule has 0 saturated heterocycles. The monoisotopic (exact) mass is 407 g/mol. The number of para-hydroxylation sites is 1. The molecule has 1 aliphatic heterocycles. The van der Waals surface area contributed by atoms with Crippen LogP contribution in [-0.2, 0) is 0 Å². The maximum absolute atomic E-state index is 13.4. The van der Waals surface area contributed by atoms with Crippen LogP contribution in [0.15, 0.2) is 57.7 Å². The van der Waals surface area contributed by atoms with E-state index in [4.69, 9.17) is 9.15 Å². The molecule has 156 valence electrons. The average Bonchev–Trinajstić information content (AvgIpc) is 3.06. The number of fused-ring (bicyclic) bond motifs is 2. The fraction of sp³-hybridized carbons (Fsp3) is 0.333. The highest BCUT2D eigenvalue weighted by Gasteiger charge is 2.43. The van der Waals surface area contributed by atoms with Gasteiger partial charge in [-0.15, -0.1) is 0 Å². The van der Waals surface area contributed by atoms with E-state index in [-0.39, 0.29) is 17.1 Å². The van der Waals surface area contributed by atoms with Gasteiger partial charge in [-0.3, -0.25) is 9.59 Å². The summed E-state index contributed by atoms with van der Waals surface area (Å²) in [5, 5.41) is 0.494. The summed E-state index contributed by atoms with van der Waals surface area (Å²) < 4.78 is 11.4. The van der Waals surface area contributed by atoms with Crippen LogP contribution < -0.4 is 15.1 Å². The fourth-order valence-electron chi connectivity index (χ4n) is 4.24. The van der Waals surface area contributed by atoms with Crippen molar-refractivity contribution in [1.29, 1.82) is 0 Å². The van der Waals surface area contributed by atoms with E-state index in [1.807, 2.05) is 30.3 Å². The van der Waals surface area contributed by atoms with Crippen LogP contribution in [0.1, 0.15) is 41.6 Å². The van der Waals surface area contributed by atoms with E-state index in [2.05, 4.69) is 13.8 Å². The third kappa shape index (κ3) is 3.37. The zero-order valence-electron chi connectivity index (χ0n) is 17.6. The molecule has 4 rings (SSSR count). The number of nitrogens with one attached hydrogen (secondary N) is 1. The molecule has 1 aromatic heterocycles. The third-order valence-corrected chi connectivity index (χ3v) is 5.99. The molecule has 2 heterocycles. The number of nitrogens with zero attached hydrogens (tertiary/aromatic N) is 1. The molecule has 30 heavy (non-hydrogen) atoms. The number of quaternary nitrogens is 1. The van der Waals surface area contributed by atoms with E-state index in [0.717, 1.165) is 25.2 Å². The van der Waals surface area contributed by atoms with Crippen molar-refractivity contribution >= 4 is 16.9 Å². The van der Waals surface area contributed by atoms with E-state index in [0.29, 0.717) is 28.8 Å². The number of hydrogen-bond acceptors (Lipinski definition) is 4. The van der Waals surface area contributed by atoms with Gasteiger partial charge in [-0.25, -0.2) is 0 Å². The first-order valence-electron chi connectivity index (χ1n) is 10.4. The highest BCUT2D eigenvalue weighted by Crippen LogP contribution is 2.38. The van der Waals surface area contributed by atoms with Crippen LogP contribution in [0.25, 0.3) is 11.0 Å². The molecule has 0 saturated carbocycles. The minimum Gasteiger partial charge on any atom is -0.497 e. The molecule has 6 nitrogen and oxygen atoms in total. The van der Waals surface area contributed by atoms with E-state index in [1.165, 1.54) is 4.90 Å². The van der Waals surface area contributed by atoms with Crippen LogP contribution in [0.2, 0.25) is 0 Å². The topological polar surface area (TPSA) is 64.2 Å². The van der Waals surface area contributed by atoms with Crippen molar-refractivity contribution in [3.63, 3.8) is 0 Å². The first kappa shape index (κ1) is 20.2. The Kier molecular flexibility index (Phi) is 5.59. The SMILES string of the molecule is CC[NH+](CC)CCN1C(=O)c2oc3ccccc3c(=O)c2[C@H]1c1cccc(OC)c1. The number of benzene rings is 2. The minimum absolute atomic E-state index is 0.147. The molecular formula is C24H27N2O4+. The molecule has 1 aliphatic rings. The predicted octanol–water partition coefficient (Wildman–Crippen LogP) is 2.27. The standard InChI is InChI=1S/C24H26N2O4/c1-4-25(5-2)13-14-26-21(16-9-8-10-17(15-16)29-3)20-22(27)18-11-6-7-12-19(18)30-23(20)24(26)28/h6-12,15,21H,4-5,13-14H2,1-3H3/p+1/t21-/m1/s1. The number of ether oxygens (including phenoxy) is 1. The Morgan fingerprint density at radius 3 is 2.57 bits per heavy atom. The largest absolute Gasteiger partial charge is 0.497 e. The van der Waals surface area contributed by atoms with Gasteiger partial charge in [-0.1, -0.05) is 24.3 Å². The Balaban J connectivity index is 1.87. The summed E-state index contributed by atoms with van der Waals surface area (Å²) in [6.45, 7) is 7.58. The second kappa shape index (κ2) is 8.32. The van der Waals surface area contributed by atoms with Gasteiger partial charge in [0.1, 0.15) is 11.3 Å². The molecule has 0 radical (unpaired) electrons. The van der Waals surface area contributed by atoms with Gasteiger partial charge in [-0.05, 0) is 43.7 Å². The number of carbonyl (C=O) groups excluding carboxylic acids is 1. The van der Waals surface area contributed by atoms with E-state index in [9.17, 15) is 9.59 Å². The molecule has 3 aromatic rings. The third-order valence-electron chi connectivity index (χ3n) is 5.99. The van der Waals surface area contributed by atoms with Gasteiger partial charge in [0.05, 0.1) is 50.3 Å². The van der Waals surface area contributed by atoms with Crippen LogP contribution in [0.4, 0.5) is 0 Å². The van der Waals surface area contributed by atoms with Crippen molar-refractivity contribution in [3.8, 4) is 5.75 Å². The minimum atomic E-state index is -0.488. The van der Waals surface area contributed by atoms with Gasteiger partial charge in [0.25, 0.3) is 5.91 Å². The Bertz CT molecular complexity index is 1130. The second-order valence-electron chi connectivity index (χ2n) is 7.55. The van der Waals surface area contributed by atoms with E-state index < -0.39 is 6.04 Å². The highest BCUT2D eigenvalue weighted by molar-refractivity contribution is 5.99. The number of likely N-dealkylation sites (N-methyl/N-ethyl adjacent to an activating group) is 1. The lowest BCUT2D eigenvalue weighted by Gasteiger charge is -2.27. The van der Waals surface area contributed by atoms with Crippen molar-refractivity contribution in [2.45, 2.75) is 19.9 Å². The first-order valence-corrected chi connectivity index (χ1v) is 10.4. The van der Waals surface area contributed by atoms with Crippen LogP contribution >= 0.6 is 0 Å². The van der Waals surface area contributed by atoms with Gasteiger partial charge in [0.2, 0.25) is 5.76 Å². The van der Waals surface area contributed by atoms with Crippen molar-refractivity contribution in [2.75, 3.05) is 33.3 Å². The number of methoxy groups -OCH3 is 1. The van der Waals surface area contributed by atoms with E-state index >= 15 is 0 Å². The normalized spacial score (nSPS) is 15.8. The van der Waals surface area contributed by atoms with Gasteiger partial charge >= 0.3 is 0 Å². The Hall–Kier alpha value is -3.12. The van der Waals surface area contributed by atoms with Crippen LogP contribution in [0.3, 0.4) is 0 Å². The molecule has 2 aromatic carbocycles. The lowest BCUT2D eigenvalue weighted by Crippen LogP contribution is -3.12. The average molecular weight is 407 g/mol. The Morgan fingerprint density at radius 1 is 1.07 bits per heavy atom. The lowest BCUT2D eigenvalue weighted by molar-refractivity contribution is -0.895. The number of hydrogen-bond donors (Lipinski definition) is 1. The number of rotatable bonds is 7. The van der Waals surface area contributed by atoms with Crippen molar-refractivity contribution < 1.29 is 18.8 Å². The summed E-state index contributed by atoms with van der Waals surface area (Å²) in [5.74, 6) is 0.612. The smallest absolute Gasteiger partial charge is 0.291 e. The summed E-state index contributed by atoms with van der Waals surface area (Å²) in [5.41, 5.74) is 1.56. The lowest BCUT2D eigenvalue weighted by atomic mass is 9.98. The van der Waals surface area contributed by atoms with Crippen LogP contribution in [0.5, 0.6) is 5.75 Å². The molecule has 0 bridgehead atoms. The van der Waals surface area contributed by atoms with Crippen molar-refractivity contribution in [2.24, 2.45) is 0 Å². The predicted molar refractivity (Wildman–Crippen MR) is 115 cm³/mol. The van der Waals surface area contributed by atoms with Crippen molar-refractivity contribution in [3.05, 3.63) is 75.6 Å². The van der Waals surface area contributed by atoms with Gasteiger partial charge in [0, 0.05) is 0 Å². The maximum Gasteiger partial charge on any atom is 0.291 e. The number of carbonyl (C=O) groups is 1. The molecule has 0 fully saturated rings. The summed E-state index contributed by atoms with van der Waals surface area (Å²) in [6.07, 6.45) is 0. The summed E-state index contributed by atoms with van der Waals surface area (Å²) >= 11 is 0. The Labute approximate surface area is 175 Å². The summed E-state index contributed by atoms with van der Waals surface area (Å²) in [4.78, 5) is 30.0. The van der Waals surface area contributed by atoms with Crippen molar-refractivity contribution in [1.82, 2.24) is 4.90 Å². The molecule has 1 atom stereocenters.